The lowest BCUT2D eigenvalue weighted by Gasteiger charge is -2.18. The number of H-pyrrole nitrogens is 1. The first kappa shape index (κ1) is 23.3. The fourth-order valence-electron chi connectivity index (χ4n) is 2.62. The highest BCUT2D eigenvalue weighted by Crippen LogP contribution is 2.23. The van der Waals surface area contributed by atoms with Crippen molar-refractivity contribution in [3.63, 3.8) is 0 Å². The molecule has 0 amide bonds. The lowest BCUT2D eigenvalue weighted by molar-refractivity contribution is 0.378. The van der Waals surface area contributed by atoms with Crippen molar-refractivity contribution >= 4 is 11.0 Å². The quantitative estimate of drug-likeness (QED) is 0.399. The summed E-state index contributed by atoms with van der Waals surface area (Å²) in [7, 11) is 0. The largest absolute Gasteiger partial charge is 0.346 e. The third kappa shape index (κ3) is 6.83. The number of nitrogens with one attached hydrogen (secondary N) is 1. The molecular weight excluding hydrogens is 372 g/mol. The van der Waals surface area contributed by atoms with E-state index in [-0.39, 0.29) is 5.41 Å². The molecular formula is C25H34N4O. The van der Waals surface area contributed by atoms with Crippen molar-refractivity contribution in [3.05, 3.63) is 66.3 Å². The number of rotatable bonds is 3. The first-order valence-corrected chi connectivity index (χ1v) is 10.7. The Bertz CT molecular complexity index is 997. The Morgan fingerprint density at radius 1 is 1.00 bits per heavy atom. The summed E-state index contributed by atoms with van der Waals surface area (Å²) in [5, 5.41) is 5.11. The first-order valence-electron chi connectivity index (χ1n) is 10.7. The van der Waals surface area contributed by atoms with E-state index in [1.54, 1.807) is 0 Å². The summed E-state index contributed by atoms with van der Waals surface area (Å²) in [4.78, 5) is 11.7. The number of fused-ring (bicyclic) bond motifs is 1. The van der Waals surface area contributed by atoms with Gasteiger partial charge < -0.3 is 9.51 Å². The van der Waals surface area contributed by atoms with Gasteiger partial charge in [-0.3, -0.25) is 0 Å². The highest BCUT2D eigenvalue weighted by atomic mass is 16.5. The molecule has 0 saturated heterocycles. The summed E-state index contributed by atoms with van der Waals surface area (Å²) < 4.78 is 5.10. The van der Waals surface area contributed by atoms with E-state index in [2.05, 4.69) is 73.8 Å². The highest BCUT2D eigenvalue weighted by Gasteiger charge is 2.14. The molecule has 0 atom stereocenters. The van der Waals surface area contributed by atoms with Crippen molar-refractivity contribution in [1.82, 2.24) is 20.1 Å². The molecule has 0 radical (unpaired) electrons. The number of hydrogen-bond donors (Lipinski definition) is 1. The van der Waals surface area contributed by atoms with Crippen molar-refractivity contribution in [3.8, 4) is 11.4 Å². The van der Waals surface area contributed by atoms with Crippen molar-refractivity contribution in [2.75, 3.05) is 0 Å². The van der Waals surface area contributed by atoms with Gasteiger partial charge in [0.25, 0.3) is 0 Å². The monoisotopic (exact) mass is 406 g/mol. The summed E-state index contributed by atoms with van der Waals surface area (Å²) in [5.74, 6) is 1.39. The molecule has 0 bridgehead atoms. The van der Waals surface area contributed by atoms with Crippen molar-refractivity contribution in [2.45, 2.75) is 66.2 Å². The Morgan fingerprint density at radius 3 is 2.33 bits per heavy atom. The Hall–Kier alpha value is -2.95. The maximum Gasteiger partial charge on any atom is 0.226 e. The van der Waals surface area contributed by atoms with Crippen LogP contribution in [0, 0.1) is 0 Å². The van der Waals surface area contributed by atoms with Gasteiger partial charge in [0.15, 0.2) is 0 Å². The van der Waals surface area contributed by atoms with Gasteiger partial charge in [0, 0.05) is 29.8 Å². The number of pyridine rings is 1. The second kappa shape index (κ2) is 11.3. The van der Waals surface area contributed by atoms with Crippen LogP contribution in [0.1, 0.15) is 65.8 Å². The number of aryl methyl sites for hydroxylation is 1. The SMILES string of the molecule is CC(C)(C)c1cnc2[nH]ccc2c1.CCC.CCCc1nc(-c2ccccc2)no1. The summed E-state index contributed by atoms with van der Waals surface area (Å²) >= 11 is 0. The molecule has 0 saturated carbocycles. The number of aromatic amines is 1. The van der Waals surface area contributed by atoms with Crippen LogP contribution in [0.5, 0.6) is 0 Å². The zero-order valence-corrected chi connectivity index (χ0v) is 19.1. The summed E-state index contributed by atoms with van der Waals surface area (Å²) in [6, 6.07) is 14.1. The Kier molecular flexibility index (Phi) is 8.78. The van der Waals surface area contributed by atoms with E-state index in [0.717, 1.165) is 24.1 Å². The van der Waals surface area contributed by atoms with Crippen LogP contribution in [-0.2, 0) is 11.8 Å². The van der Waals surface area contributed by atoms with E-state index in [1.165, 1.54) is 17.4 Å². The van der Waals surface area contributed by atoms with Gasteiger partial charge in [-0.1, -0.05) is 83.5 Å². The average Bonchev–Trinajstić information content (AvgIpc) is 3.38. The minimum absolute atomic E-state index is 0.179. The van der Waals surface area contributed by atoms with Crippen LogP contribution < -0.4 is 0 Å². The Labute approximate surface area is 180 Å². The average molecular weight is 407 g/mol. The normalized spacial score (nSPS) is 10.7. The van der Waals surface area contributed by atoms with E-state index in [0.29, 0.717) is 11.7 Å². The van der Waals surface area contributed by atoms with E-state index >= 15 is 0 Å². The number of aromatic nitrogens is 4. The lowest BCUT2D eigenvalue weighted by atomic mass is 9.88. The third-order valence-corrected chi connectivity index (χ3v) is 4.23. The topological polar surface area (TPSA) is 67.6 Å². The third-order valence-electron chi connectivity index (χ3n) is 4.23. The molecule has 1 aromatic carbocycles. The van der Waals surface area contributed by atoms with Gasteiger partial charge in [-0.15, -0.1) is 0 Å². The standard InChI is InChI=1S/C11H12N2O.C11H14N2.C3H8/c1-2-6-10-12-11(13-14-10)9-7-4-3-5-8-9;1-11(2,3)9-6-8-4-5-12-10(8)13-7-9;1-3-2/h3-5,7-8H,2,6H2,1H3;4-7H,1-3H3,(H,12,13);3H2,1-2H3. The van der Waals surface area contributed by atoms with Crippen LogP contribution in [0.3, 0.4) is 0 Å². The molecule has 1 N–H and O–H groups in total. The van der Waals surface area contributed by atoms with Gasteiger partial charge in [-0.05, 0) is 29.5 Å². The molecule has 0 aliphatic heterocycles. The molecule has 0 aliphatic carbocycles. The van der Waals surface area contributed by atoms with Crippen LogP contribution in [0.25, 0.3) is 22.4 Å². The second-order valence-electron chi connectivity index (χ2n) is 8.22. The Balaban J connectivity index is 0.000000190. The smallest absolute Gasteiger partial charge is 0.226 e. The molecule has 0 unspecified atom stereocenters. The van der Waals surface area contributed by atoms with Crippen LogP contribution in [0.4, 0.5) is 0 Å². The van der Waals surface area contributed by atoms with Crippen LogP contribution >= 0.6 is 0 Å². The van der Waals surface area contributed by atoms with Crippen molar-refractivity contribution in [2.24, 2.45) is 0 Å². The summed E-state index contributed by atoms with van der Waals surface area (Å²) in [6.45, 7) is 12.9. The van der Waals surface area contributed by atoms with Gasteiger partial charge in [-0.25, -0.2) is 4.98 Å². The zero-order valence-electron chi connectivity index (χ0n) is 19.1. The fraction of sp³-hybridized carbons (Fsp3) is 0.400. The summed E-state index contributed by atoms with van der Waals surface area (Å²) in [6.07, 6.45) is 6.99. The molecule has 30 heavy (non-hydrogen) atoms. The molecule has 3 heterocycles. The molecule has 0 fully saturated rings. The minimum atomic E-state index is 0.179. The van der Waals surface area contributed by atoms with E-state index in [4.69, 9.17) is 4.52 Å². The minimum Gasteiger partial charge on any atom is -0.346 e. The van der Waals surface area contributed by atoms with Gasteiger partial charge in [0.2, 0.25) is 11.7 Å². The van der Waals surface area contributed by atoms with Crippen LogP contribution in [0.15, 0.2) is 59.4 Å². The van der Waals surface area contributed by atoms with Gasteiger partial charge in [0.1, 0.15) is 5.65 Å². The highest BCUT2D eigenvalue weighted by molar-refractivity contribution is 5.75. The van der Waals surface area contributed by atoms with Crippen molar-refractivity contribution in [1.29, 1.82) is 0 Å². The molecule has 4 rings (SSSR count). The van der Waals surface area contributed by atoms with E-state index in [1.807, 2.05) is 42.7 Å². The zero-order chi connectivity index (χ0) is 22.0. The van der Waals surface area contributed by atoms with Gasteiger partial charge in [-0.2, -0.15) is 4.98 Å². The molecule has 0 spiro atoms. The Morgan fingerprint density at radius 2 is 1.70 bits per heavy atom. The van der Waals surface area contributed by atoms with Gasteiger partial charge in [0.05, 0.1) is 0 Å². The molecule has 0 aliphatic rings. The molecule has 4 aromatic rings. The first-order chi connectivity index (χ1) is 14.4. The van der Waals surface area contributed by atoms with E-state index < -0.39 is 0 Å². The maximum atomic E-state index is 5.10. The van der Waals surface area contributed by atoms with Crippen LogP contribution in [0.2, 0.25) is 0 Å². The van der Waals surface area contributed by atoms with E-state index in [9.17, 15) is 0 Å². The molecule has 5 heteroatoms. The lowest BCUT2D eigenvalue weighted by Crippen LogP contribution is -2.11. The maximum absolute atomic E-state index is 5.10. The molecule has 160 valence electrons. The number of benzene rings is 1. The van der Waals surface area contributed by atoms with Gasteiger partial charge >= 0.3 is 0 Å². The number of hydrogen-bond acceptors (Lipinski definition) is 4. The molecule has 3 aromatic heterocycles. The predicted octanol–water partition coefficient (Wildman–Crippen LogP) is 6.97. The second-order valence-corrected chi connectivity index (χ2v) is 8.22. The van der Waals surface area contributed by atoms with Crippen LogP contribution in [-0.4, -0.2) is 20.1 Å². The van der Waals surface area contributed by atoms with Crippen molar-refractivity contribution < 1.29 is 4.52 Å². The predicted molar refractivity (Wildman–Crippen MR) is 124 cm³/mol. The summed E-state index contributed by atoms with van der Waals surface area (Å²) in [5.41, 5.74) is 3.42. The fourth-order valence-corrected chi connectivity index (χ4v) is 2.62. The molecule has 5 nitrogen and oxygen atoms in total. The number of nitrogens with zero attached hydrogens (tertiary/aromatic N) is 3.